The van der Waals surface area contributed by atoms with Crippen LogP contribution >= 0.6 is 11.6 Å². The first-order valence-corrected chi connectivity index (χ1v) is 8.85. The smallest absolute Gasteiger partial charge is 0.224 e. The summed E-state index contributed by atoms with van der Waals surface area (Å²) in [6, 6.07) is 10.8. The maximum absolute atomic E-state index is 6.12. The van der Waals surface area contributed by atoms with Gasteiger partial charge in [0.05, 0.1) is 17.9 Å². The van der Waals surface area contributed by atoms with Crippen molar-refractivity contribution in [3.05, 3.63) is 58.8 Å². The fourth-order valence-corrected chi connectivity index (χ4v) is 3.35. The van der Waals surface area contributed by atoms with Crippen LogP contribution in [0.4, 0.5) is 5.82 Å². The second-order valence-electron chi connectivity index (χ2n) is 6.64. The van der Waals surface area contributed by atoms with Crippen LogP contribution in [0.25, 0.3) is 10.8 Å². The Morgan fingerprint density at radius 1 is 1.16 bits per heavy atom. The highest BCUT2D eigenvalue weighted by atomic mass is 35.5. The molecule has 25 heavy (non-hydrogen) atoms. The van der Waals surface area contributed by atoms with Crippen LogP contribution in [0.3, 0.4) is 0 Å². The Kier molecular flexibility index (Phi) is 4.27. The molecule has 0 aliphatic carbocycles. The molecule has 0 saturated heterocycles. The molecule has 0 fully saturated rings. The minimum absolute atomic E-state index is 0.290. The van der Waals surface area contributed by atoms with E-state index in [0.29, 0.717) is 17.9 Å². The number of hydrogen-bond acceptors (Lipinski definition) is 5. The minimum Gasteiger partial charge on any atom is -0.364 e. The molecule has 0 amide bonds. The van der Waals surface area contributed by atoms with Crippen molar-refractivity contribution in [1.29, 1.82) is 0 Å². The lowest BCUT2D eigenvalue weighted by Crippen LogP contribution is -2.24. The lowest BCUT2D eigenvalue weighted by atomic mass is 10.1. The first-order chi connectivity index (χ1) is 12.1. The summed E-state index contributed by atoms with van der Waals surface area (Å²) < 4.78 is 0. The molecule has 1 aliphatic rings. The van der Waals surface area contributed by atoms with E-state index in [1.165, 1.54) is 5.39 Å². The van der Waals surface area contributed by atoms with Crippen LogP contribution in [0.1, 0.15) is 30.8 Å². The molecule has 0 atom stereocenters. The molecule has 1 aliphatic heterocycles. The Morgan fingerprint density at radius 3 is 2.76 bits per heavy atom. The van der Waals surface area contributed by atoms with Crippen LogP contribution in [0.2, 0.25) is 5.28 Å². The van der Waals surface area contributed by atoms with Crippen molar-refractivity contribution in [3.8, 4) is 0 Å². The van der Waals surface area contributed by atoms with Crippen LogP contribution in [0, 0.1) is 0 Å². The molecule has 3 aromatic rings. The van der Waals surface area contributed by atoms with Crippen LogP contribution in [-0.4, -0.2) is 25.9 Å². The summed E-state index contributed by atoms with van der Waals surface area (Å²) >= 11 is 6.12. The van der Waals surface area contributed by atoms with E-state index in [4.69, 9.17) is 11.6 Å². The van der Waals surface area contributed by atoms with Gasteiger partial charge >= 0.3 is 0 Å². The fraction of sp³-hybridized carbons (Fsp3) is 0.316. The lowest BCUT2D eigenvalue weighted by Gasteiger charge is -2.18. The first-order valence-electron chi connectivity index (χ1n) is 8.47. The zero-order valence-electron chi connectivity index (χ0n) is 14.3. The molecule has 0 saturated carbocycles. The number of benzene rings is 1. The van der Waals surface area contributed by atoms with E-state index in [0.717, 1.165) is 41.2 Å². The number of hydrogen-bond donors (Lipinski definition) is 1. The van der Waals surface area contributed by atoms with Gasteiger partial charge in [0.2, 0.25) is 5.28 Å². The van der Waals surface area contributed by atoms with Gasteiger partial charge in [0, 0.05) is 36.3 Å². The third kappa shape index (κ3) is 3.30. The van der Waals surface area contributed by atoms with E-state index >= 15 is 0 Å². The third-order valence-electron chi connectivity index (χ3n) is 4.63. The topological polar surface area (TPSA) is 53.9 Å². The summed E-state index contributed by atoms with van der Waals surface area (Å²) in [6.07, 6.45) is 1.91. The zero-order chi connectivity index (χ0) is 17.4. The maximum Gasteiger partial charge on any atom is 0.224 e. The summed E-state index contributed by atoms with van der Waals surface area (Å²) in [5.74, 6) is 0.813. The second kappa shape index (κ2) is 6.58. The highest BCUT2D eigenvalue weighted by Gasteiger charge is 2.26. The number of nitrogens with one attached hydrogen (secondary N) is 1. The summed E-state index contributed by atoms with van der Waals surface area (Å²) in [5.41, 5.74) is 3.13. The van der Waals surface area contributed by atoms with E-state index in [1.54, 1.807) is 0 Å². The van der Waals surface area contributed by atoms with Gasteiger partial charge in [-0.15, -0.1) is 0 Å². The van der Waals surface area contributed by atoms with E-state index in [1.807, 2.05) is 18.3 Å². The highest BCUT2D eigenvalue weighted by Crippen LogP contribution is 2.29. The van der Waals surface area contributed by atoms with Crippen LogP contribution in [0.15, 0.2) is 36.5 Å². The first kappa shape index (κ1) is 16.2. The van der Waals surface area contributed by atoms with Crippen molar-refractivity contribution in [2.24, 2.45) is 0 Å². The van der Waals surface area contributed by atoms with Gasteiger partial charge in [-0.05, 0) is 36.9 Å². The Hall–Kier alpha value is -2.24. The van der Waals surface area contributed by atoms with Gasteiger partial charge in [0.25, 0.3) is 0 Å². The molecule has 5 nitrogen and oxygen atoms in total. The molecule has 2 aromatic heterocycles. The quantitative estimate of drug-likeness (QED) is 0.718. The SMILES string of the molecule is CC(C)N1Cc2nc(Cl)nc(NCc3cc4ccccc4cn3)c2C1. The molecule has 0 radical (unpaired) electrons. The van der Waals surface area contributed by atoms with Crippen molar-refractivity contribution >= 4 is 28.2 Å². The molecule has 0 spiro atoms. The average Bonchev–Trinajstić information content (AvgIpc) is 3.04. The summed E-state index contributed by atoms with van der Waals surface area (Å²) in [5, 5.41) is 6.02. The van der Waals surface area contributed by atoms with Crippen molar-refractivity contribution in [2.45, 2.75) is 39.5 Å². The van der Waals surface area contributed by atoms with Gasteiger partial charge in [-0.3, -0.25) is 9.88 Å². The number of halogens is 1. The van der Waals surface area contributed by atoms with E-state index in [-0.39, 0.29) is 0 Å². The molecular formula is C19H20ClN5. The van der Waals surface area contributed by atoms with Crippen molar-refractivity contribution in [3.63, 3.8) is 0 Å². The van der Waals surface area contributed by atoms with Gasteiger partial charge in [-0.25, -0.2) is 9.97 Å². The van der Waals surface area contributed by atoms with E-state index < -0.39 is 0 Å². The molecule has 1 aromatic carbocycles. The lowest BCUT2D eigenvalue weighted by molar-refractivity contribution is 0.226. The standard InChI is InChI=1S/C19H20ClN5/c1-12(2)25-10-16-17(11-25)23-19(20)24-18(16)22-9-15-7-13-5-3-4-6-14(13)8-21-15/h3-8,12H,9-11H2,1-2H3,(H,22,23,24). The van der Waals surface area contributed by atoms with E-state index in [2.05, 4.69) is 57.2 Å². The van der Waals surface area contributed by atoms with Crippen LogP contribution in [0.5, 0.6) is 0 Å². The van der Waals surface area contributed by atoms with Crippen LogP contribution < -0.4 is 5.32 Å². The molecule has 6 heteroatoms. The number of nitrogens with zero attached hydrogens (tertiary/aromatic N) is 4. The molecule has 4 rings (SSSR count). The molecule has 1 N–H and O–H groups in total. The Balaban J connectivity index is 1.57. The number of rotatable bonds is 4. The largest absolute Gasteiger partial charge is 0.364 e. The molecule has 128 valence electrons. The normalized spacial score (nSPS) is 14.2. The summed E-state index contributed by atoms with van der Waals surface area (Å²) in [6.45, 7) is 6.64. The monoisotopic (exact) mass is 353 g/mol. The van der Waals surface area contributed by atoms with Gasteiger partial charge in [-0.2, -0.15) is 0 Å². The number of aromatic nitrogens is 3. The van der Waals surface area contributed by atoms with E-state index in [9.17, 15) is 0 Å². The number of pyridine rings is 1. The summed E-state index contributed by atoms with van der Waals surface area (Å²) in [7, 11) is 0. The maximum atomic E-state index is 6.12. The predicted octanol–water partition coefficient (Wildman–Crippen LogP) is 4.01. The van der Waals surface area contributed by atoms with Crippen molar-refractivity contribution < 1.29 is 0 Å². The third-order valence-corrected chi connectivity index (χ3v) is 4.80. The molecule has 0 unspecified atom stereocenters. The predicted molar refractivity (Wildman–Crippen MR) is 100 cm³/mol. The van der Waals surface area contributed by atoms with Crippen LogP contribution in [-0.2, 0) is 19.6 Å². The zero-order valence-corrected chi connectivity index (χ0v) is 15.1. The minimum atomic E-state index is 0.290. The Bertz CT molecular complexity index is 925. The Labute approximate surface area is 152 Å². The fourth-order valence-electron chi connectivity index (χ4n) is 3.16. The second-order valence-corrected chi connectivity index (χ2v) is 6.98. The molecule has 0 bridgehead atoms. The number of anilines is 1. The average molecular weight is 354 g/mol. The highest BCUT2D eigenvalue weighted by molar-refractivity contribution is 6.28. The van der Waals surface area contributed by atoms with Crippen molar-refractivity contribution in [1.82, 2.24) is 19.9 Å². The number of fused-ring (bicyclic) bond motifs is 2. The summed E-state index contributed by atoms with van der Waals surface area (Å²) in [4.78, 5) is 15.7. The van der Waals surface area contributed by atoms with Gasteiger partial charge < -0.3 is 5.32 Å². The van der Waals surface area contributed by atoms with Gasteiger partial charge in [0.15, 0.2) is 0 Å². The van der Waals surface area contributed by atoms with Gasteiger partial charge in [0.1, 0.15) is 5.82 Å². The Morgan fingerprint density at radius 2 is 1.96 bits per heavy atom. The molecular weight excluding hydrogens is 334 g/mol. The van der Waals surface area contributed by atoms with Crippen molar-refractivity contribution in [2.75, 3.05) is 5.32 Å². The molecule has 3 heterocycles. The van der Waals surface area contributed by atoms with Gasteiger partial charge in [-0.1, -0.05) is 24.3 Å².